The van der Waals surface area contributed by atoms with Gasteiger partial charge in [-0.05, 0) is 24.5 Å². The molecule has 0 amide bonds. The van der Waals surface area contributed by atoms with Gasteiger partial charge in [-0.1, -0.05) is 13.3 Å². The summed E-state index contributed by atoms with van der Waals surface area (Å²) in [5, 5.41) is 10.5. The number of nitrogens with two attached hydrogens (primary N) is 1. The van der Waals surface area contributed by atoms with Gasteiger partial charge in [0.05, 0.1) is 4.92 Å². The summed E-state index contributed by atoms with van der Waals surface area (Å²) in [7, 11) is 0. The first-order valence-corrected chi connectivity index (χ1v) is 4.68. The Kier molecular flexibility index (Phi) is 3.45. The number of anilines is 1. The first-order chi connectivity index (χ1) is 6.65. The van der Waals surface area contributed by atoms with E-state index in [1.165, 1.54) is 6.07 Å². The molecule has 2 N–H and O–H groups in total. The van der Waals surface area contributed by atoms with Gasteiger partial charge < -0.3 is 5.73 Å². The van der Waals surface area contributed by atoms with E-state index in [0.717, 1.165) is 24.8 Å². The Hall–Kier alpha value is -1.58. The Balaban J connectivity index is 2.90. The molecule has 1 aromatic carbocycles. The van der Waals surface area contributed by atoms with Crippen LogP contribution in [0.4, 0.5) is 11.4 Å². The maximum Gasteiger partial charge on any atom is 0.269 e. The minimum absolute atomic E-state index is 0.116. The molecule has 0 saturated heterocycles. The minimum atomic E-state index is -0.394. The number of hydrogen-bond donors (Lipinski definition) is 1. The van der Waals surface area contributed by atoms with Gasteiger partial charge >= 0.3 is 0 Å². The smallest absolute Gasteiger partial charge is 0.269 e. The van der Waals surface area contributed by atoms with E-state index >= 15 is 0 Å². The number of nitro groups is 1. The van der Waals surface area contributed by atoms with Crippen LogP contribution < -0.4 is 5.73 Å². The maximum atomic E-state index is 10.5. The van der Waals surface area contributed by atoms with E-state index < -0.39 is 4.92 Å². The Bertz CT molecular complexity index is 337. The van der Waals surface area contributed by atoms with Crippen molar-refractivity contribution >= 4 is 11.4 Å². The van der Waals surface area contributed by atoms with Crippen molar-refractivity contribution in [1.82, 2.24) is 0 Å². The molecule has 0 aliphatic heterocycles. The summed E-state index contributed by atoms with van der Waals surface area (Å²) < 4.78 is 0. The number of benzene rings is 1. The van der Waals surface area contributed by atoms with Crippen molar-refractivity contribution < 1.29 is 4.92 Å². The maximum absolute atomic E-state index is 10.5. The topological polar surface area (TPSA) is 69.2 Å². The highest BCUT2D eigenvalue weighted by atomic mass is 16.6. The number of nitrogen functional groups attached to an aromatic ring is 1. The van der Waals surface area contributed by atoms with Gasteiger partial charge in [0.2, 0.25) is 0 Å². The lowest BCUT2D eigenvalue weighted by atomic mass is 10.1. The first kappa shape index (κ1) is 10.5. The van der Waals surface area contributed by atoms with Crippen molar-refractivity contribution in [3.05, 3.63) is 33.9 Å². The molecule has 0 aliphatic rings. The van der Waals surface area contributed by atoms with Crippen molar-refractivity contribution in [2.75, 3.05) is 5.73 Å². The normalized spacial score (nSPS) is 10.1. The molecular weight excluding hydrogens is 180 g/mol. The van der Waals surface area contributed by atoms with Gasteiger partial charge in [0.25, 0.3) is 5.69 Å². The molecule has 1 aromatic rings. The van der Waals surface area contributed by atoms with Gasteiger partial charge in [-0.3, -0.25) is 10.1 Å². The third kappa shape index (κ3) is 2.45. The molecule has 0 saturated carbocycles. The number of unbranched alkanes of at least 4 members (excludes halogenated alkanes) is 1. The Labute approximate surface area is 82.9 Å². The summed E-state index contributed by atoms with van der Waals surface area (Å²) in [4.78, 5) is 10.1. The highest BCUT2D eigenvalue weighted by Crippen LogP contribution is 2.21. The van der Waals surface area contributed by atoms with Crippen LogP contribution >= 0.6 is 0 Å². The second kappa shape index (κ2) is 4.60. The van der Waals surface area contributed by atoms with Gasteiger partial charge in [-0.15, -0.1) is 0 Å². The number of aryl methyl sites for hydroxylation is 1. The average molecular weight is 194 g/mol. The third-order valence-corrected chi connectivity index (χ3v) is 2.14. The molecular formula is C10H14N2O2. The summed E-state index contributed by atoms with van der Waals surface area (Å²) in [5.41, 5.74) is 7.34. The van der Waals surface area contributed by atoms with Crippen LogP contribution in [0.15, 0.2) is 18.2 Å². The van der Waals surface area contributed by atoms with Crippen LogP contribution in [0.1, 0.15) is 25.3 Å². The van der Waals surface area contributed by atoms with E-state index in [1.54, 1.807) is 12.1 Å². The van der Waals surface area contributed by atoms with Gasteiger partial charge in [-0.25, -0.2) is 0 Å². The molecule has 0 spiro atoms. The molecule has 0 atom stereocenters. The van der Waals surface area contributed by atoms with Crippen LogP contribution in [0, 0.1) is 10.1 Å². The Morgan fingerprint density at radius 3 is 2.79 bits per heavy atom. The molecule has 0 fully saturated rings. The van der Waals surface area contributed by atoms with Crippen LogP contribution in [-0.4, -0.2) is 4.92 Å². The minimum Gasteiger partial charge on any atom is -0.398 e. The summed E-state index contributed by atoms with van der Waals surface area (Å²) in [6, 6.07) is 4.60. The van der Waals surface area contributed by atoms with Crippen molar-refractivity contribution in [3.63, 3.8) is 0 Å². The number of nitro benzene ring substituents is 1. The Morgan fingerprint density at radius 2 is 2.21 bits per heavy atom. The first-order valence-electron chi connectivity index (χ1n) is 4.68. The Morgan fingerprint density at radius 1 is 1.50 bits per heavy atom. The largest absolute Gasteiger partial charge is 0.398 e. The molecule has 0 radical (unpaired) electrons. The van der Waals surface area contributed by atoms with E-state index in [2.05, 4.69) is 6.92 Å². The van der Waals surface area contributed by atoms with Crippen molar-refractivity contribution in [2.24, 2.45) is 0 Å². The summed E-state index contributed by atoms with van der Waals surface area (Å²) in [6.07, 6.45) is 2.87. The van der Waals surface area contributed by atoms with Crippen LogP contribution in [0.3, 0.4) is 0 Å². The summed E-state index contributed by atoms with van der Waals surface area (Å²) in [5.74, 6) is 0. The quantitative estimate of drug-likeness (QED) is 0.455. The van der Waals surface area contributed by atoms with Gasteiger partial charge in [0.15, 0.2) is 0 Å². The van der Waals surface area contributed by atoms with Crippen molar-refractivity contribution in [2.45, 2.75) is 26.2 Å². The number of nitrogens with zero attached hydrogens (tertiary/aromatic N) is 1. The highest BCUT2D eigenvalue weighted by molar-refractivity contribution is 5.52. The standard InChI is InChI=1S/C10H14N2O2/c1-2-3-4-8-7-9(12(13)14)5-6-10(8)11/h5-7H,2-4,11H2,1H3. The van der Waals surface area contributed by atoms with E-state index in [4.69, 9.17) is 5.73 Å². The molecule has 14 heavy (non-hydrogen) atoms. The zero-order valence-electron chi connectivity index (χ0n) is 8.19. The van der Waals surface area contributed by atoms with E-state index in [1.807, 2.05) is 0 Å². The fourth-order valence-corrected chi connectivity index (χ4v) is 1.29. The van der Waals surface area contributed by atoms with Crippen molar-refractivity contribution in [3.8, 4) is 0 Å². The van der Waals surface area contributed by atoms with Gasteiger partial charge in [0, 0.05) is 17.8 Å². The fourth-order valence-electron chi connectivity index (χ4n) is 1.29. The zero-order valence-corrected chi connectivity index (χ0v) is 8.19. The predicted molar refractivity (Wildman–Crippen MR) is 56.1 cm³/mol. The molecule has 0 unspecified atom stereocenters. The van der Waals surface area contributed by atoms with Gasteiger partial charge in [0.1, 0.15) is 0 Å². The molecule has 76 valence electrons. The molecule has 4 nitrogen and oxygen atoms in total. The highest BCUT2D eigenvalue weighted by Gasteiger charge is 2.08. The van der Waals surface area contributed by atoms with Crippen LogP contribution in [0.5, 0.6) is 0 Å². The van der Waals surface area contributed by atoms with Gasteiger partial charge in [-0.2, -0.15) is 0 Å². The van der Waals surface area contributed by atoms with E-state index in [0.29, 0.717) is 5.69 Å². The molecule has 0 aliphatic carbocycles. The molecule has 0 aromatic heterocycles. The van der Waals surface area contributed by atoms with E-state index in [9.17, 15) is 10.1 Å². The molecule has 4 heteroatoms. The number of non-ortho nitro benzene ring substituents is 1. The second-order valence-electron chi connectivity index (χ2n) is 3.24. The lowest BCUT2D eigenvalue weighted by Gasteiger charge is -2.03. The molecule has 0 heterocycles. The predicted octanol–water partition coefficient (Wildman–Crippen LogP) is 2.52. The lowest BCUT2D eigenvalue weighted by molar-refractivity contribution is -0.384. The van der Waals surface area contributed by atoms with Crippen LogP contribution in [-0.2, 0) is 6.42 Å². The zero-order chi connectivity index (χ0) is 10.6. The SMILES string of the molecule is CCCCc1cc([N+](=O)[O-])ccc1N. The third-order valence-electron chi connectivity index (χ3n) is 2.14. The second-order valence-corrected chi connectivity index (χ2v) is 3.24. The van der Waals surface area contributed by atoms with Crippen LogP contribution in [0.25, 0.3) is 0 Å². The lowest BCUT2D eigenvalue weighted by Crippen LogP contribution is -1.96. The summed E-state index contributed by atoms with van der Waals surface area (Å²) >= 11 is 0. The number of rotatable bonds is 4. The number of hydrogen-bond acceptors (Lipinski definition) is 3. The van der Waals surface area contributed by atoms with Crippen molar-refractivity contribution in [1.29, 1.82) is 0 Å². The van der Waals surface area contributed by atoms with Crippen LogP contribution in [0.2, 0.25) is 0 Å². The average Bonchev–Trinajstić information content (AvgIpc) is 2.16. The monoisotopic (exact) mass is 194 g/mol. The fraction of sp³-hybridized carbons (Fsp3) is 0.400. The molecule has 1 rings (SSSR count). The van der Waals surface area contributed by atoms with E-state index in [-0.39, 0.29) is 5.69 Å². The summed E-state index contributed by atoms with van der Waals surface area (Å²) in [6.45, 7) is 2.08. The molecule has 0 bridgehead atoms.